The van der Waals surface area contributed by atoms with Crippen LogP contribution in [-0.4, -0.2) is 26.1 Å². The van der Waals surface area contributed by atoms with Crippen LogP contribution in [0, 0.1) is 5.92 Å². The molecule has 66 valence electrons. The van der Waals surface area contributed by atoms with Crippen molar-refractivity contribution in [1.29, 1.82) is 0 Å². The van der Waals surface area contributed by atoms with E-state index in [-0.39, 0.29) is 17.7 Å². The molecule has 0 saturated heterocycles. The normalized spacial score (nSPS) is 30.4. The van der Waals surface area contributed by atoms with Crippen LogP contribution in [0.15, 0.2) is 0 Å². The topological polar surface area (TPSA) is 46.2 Å². The standard InChI is InChI=1S/C6H12ClNO2S/c1-5-4-6(5)8-11(9,10)3-2-7/h5-6,8H,2-4H2,1H3. The smallest absolute Gasteiger partial charge is 0.212 e. The molecule has 0 aliphatic heterocycles. The first-order valence-electron chi connectivity index (χ1n) is 3.61. The lowest BCUT2D eigenvalue weighted by Gasteiger charge is -2.01. The van der Waals surface area contributed by atoms with Gasteiger partial charge in [0.05, 0.1) is 5.75 Å². The molecule has 1 rings (SSSR count). The van der Waals surface area contributed by atoms with E-state index >= 15 is 0 Å². The van der Waals surface area contributed by atoms with Crippen LogP contribution in [0.5, 0.6) is 0 Å². The van der Waals surface area contributed by atoms with Gasteiger partial charge in [-0.05, 0) is 12.3 Å². The summed E-state index contributed by atoms with van der Waals surface area (Å²) in [6.45, 7) is 2.02. The van der Waals surface area contributed by atoms with Crippen molar-refractivity contribution < 1.29 is 8.42 Å². The first kappa shape index (κ1) is 9.29. The Hall–Kier alpha value is 0.200. The average Bonchev–Trinajstić information content (AvgIpc) is 2.44. The van der Waals surface area contributed by atoms with Gasteiger partial charge in [0.15, 0.2) is 0 Å². The van der Waals surface area contributed by atoms with Gasteiger partial charge in [-0.15, -0.1) is 11.6 Å². The van der Waals surface area contributed by atoms with E-state index in [4.69, 9.17) is 11.6 Å². The molecule has 1 fully saturated rings. The molecule has 2 unspecified atom stereocenters. The first-order chi connectivity index (χ1) is 5.05. The number of nitrogens with one attached hydrogen (secondary N) is 1. The largest absolute Gasteiger partial charge is 0.213 e. The Kier molecular flexibility index (Phi) is 2.78. The number of rotatable bonds is 4. The van der Waals surface area contributed by atoms with Crippen molar-refractivity contribution >= 4 is 21.6 Å². The predicted molar refractivity (Wildman–Crippen MR) is 45.2 cm³/mol. The quantitative estimate of drug-likeness (QED) is 0.670. The van der Waals surface area contributed by atoms with Gasteiger partial charge < -0.3 is 0 Å². The highest BCUT2D eigenvalue weighted by Gasteiger charge is 2.35. The second-order valence-corrected chi connectivity index (χ2v) is 5.20. The number of alkyl halides is 1. The summed E-state index contributed by atoms with van der Waals surface area (Å²) in [6, 6.07) is 0.170. The summed E-state index contributed by atoms with van der Waals surface area (Å²) < 4.78 is 24.6. The maximum Gasteiger partial charge on any atom is 0.213 e. The lowest BCUT2D eigenvalue weighted by molar-refractivity contribution is 0.580. The van der Waals surface area contributed by atoms with Crippen molar-refractivity contribution in [2.24, 2.45) is 5.92 Å². The van der Waals surface area contributed by atoms with Crippen LogP contribution in [0.4, 0.5) is 0 Å². The van der Waals surface area contributed by atoms with E-state index in [1.54, 1.807) is 0 Å². The maximum atomic E-state index is 11.0. The van der Waals surface area contributed by atoms with Crippen molar-refractivity contribution in [2.45, 2.75) is 19.4 Å². The second-order valence-electron chi connectivity index (χ2n) is 2.95. The zero-order valence-corrected chi connectivity index (χ0v) is 7.95. The summed E-state index contributed by atoms with van der Waals surface area (Å²) >= 11 is 5.31. The highest BCUT2D eigenvalue weighted by atomic mass is 35.5. The molecule has 5 heteroatoms. The van der Waals surface area contributed by atoms with Gasteiger partial charge in [-0.1, -0.05) is 6.92 Å². The van der Waals surface area contributed by atoms with Gasteiger partial charge in [0.25, 0.3) is 0 Å². The molecule has 0 aromatic carbocycles. The second kappa shape index (κ2) is 3.29. The highest BCUT2D eigenvalue weighted by Crippen LogP contribution is 2.29. The molecule has 1 aliphatic rings. The third-order valence-electron chi connectivity index (χ3n) is 1.79. The van der Waals surface area contributed by atoms with E-state index in [0.29, 0.717) is 5.92 Å². The fourth-order valence-electron chi connectivity index (χ4n) is 0.877. The van der Waals surface area contributed by atoms with E-state index < -0.39 is 10.0 Å². The Bertz CT molecular complexity index is 227. The fourth-order valence-corrected chi connectivity index (χ4v) is 2.60. The molecular weight excluding hydrogens is 186 g/mol. The molecule has 0 spiro atoms. The Morgan fingerprint density at radius 1 is 1.64 bits per heavy atom. The number of halogens is 1. The van der Waals surface area contributed by atoms with Gasteiger partial charge in [-0.2, -0.15) is 0 Å². The monoisotopic (exact) mass is 197 g/mol. The maximum absolute atomic E-state index is 11.0. The lowest BCUT2D eigenvalue weighted by Crippen LogP contribution is -2.29. The van der Waals surface area contributed by atoms with E-state index in [2.05, 4.69) is 4.72 Å². The van der Waals surface area contributed by atoms with Crippen molar-refractivity contribution in [3.63, 3.8) is 0 Å². The van der Waals surface area contributed by atoms with Gasteiger partial charge in [-0.3, -0.25) is 0 Å². The molecule has 0 aromatic heterocycles. The molecule has 1 aliphatic carbocycles. The molecule has 0 aromatic rings. The van der Waals surface area contributed by atoms with Crippen LogP contribution in [0.1, 0.15) is 13.3 Å². The summed E-state index contributed by atoms with van der Waals surface area (Å²) in [4.78, 5) is 0. The van der Waals surface area contributed by atoms with Gasteiger partial charge in [0.2, 0.25) is 10.0 Å². The number of sulfonamides is 1. The van der Waals surface area contributed by atoms with E-state index in [1.165, 1.54) is 0 Å². The van der Waals surface area contributed by atoms with Gasteiger partial charge in [-0.25, -0.2) is 13.1 Å². The molecule has 0 heterocycles. The van der Waals surface area contributed by atoms with Crippen molar-refractivity contribution in [1.82, 2.24) is 4.72 Å². The van der Waals surface area contributed by atoms with Gasteiger partial charge in [0.1, 0.15) is 0 Å². The SMILES string of the molecule is CC1CC1NS(=O)(=O)CCCl. The third-order valence-corrected chi connectivity index (χ3v) is 3.60. The number of hydrogen-bond acceptors (Lipinski definition) is 2. The summed E-state index contributed by atoms with van der Waals surface area (Å²) in [5, 5.41) is 0. The van der Waals surface area contributed by atoms with Crippen LogP contribution in [-0.2, 0) is 10.0 Å². The van der Waals surface area contributed by atoms with Crippen LogP contribution in [0.2, 0.25) is 0 Å². The lowest BCUT2D eigenvalue weighted by atomic mass is 10.5. The molecule has 0 bridgehead atoms. The van der Waals surface area contributed by atoms with E-state index in [1.807, 2.05) is 6.92 Å². The van der Waals surface area contributed by atoms with E-state index in [9.17, 15) is 8.42 Å². The molecule has 11 heavy (non-hydrogen) atoms. The molecule has 3 nitrogen and oxygen atoms in total. The average molecular weight is 198 g/mol. The summed E-state index contributed by atoms with van der Waals surface area (Å²) in [7, 11) is -3.08. The van der Waals surface area contributed by atoms with Gasteiger partial charge >= 0.3 is 0 Å². The predicted octanol–water partition coefficient (Wildman–Crippen LogP) is 0.553. The summed E-state index contributed by atoms with van der Waals surface area (Å²) in [6.07, 6.45) is 0.960. The Labute approximate surface area is 72.2 Å². The summed E-state index contributed by atoms with van der Waals surface area (Å²) in [5.41, 5.74) is 0. The minimum atomic E-state index is -3.08. The first-order valence-corrected chi connectivity index (χ1v) is 5.80. The molecule has 1 N–H and O–H groups in total. The zero-order valence-electron chi connectivity index (χ0n) is 6.38. The minimum Gasteiger partial charge on any atom is -0.212 e. The van der Waals surface area contributed by atoms with E-state index in [0.717, 1.165) is 6.42 Å². The molecule has 2 atom stereocenters. The summed E-state index contributed by atoms with van der Waals surface area (Å²) in [5.74, 6) is 0.689. The number of hydrogen-bond donors (Lipinski definition) is 1. The Morgan fingerprint density at radius 3 is 2.55 bits per heavy atom. The van der Waals surface area contributed by atoms with Gasteiger partial charge in [0, 0.05) is 11.9 Å². The van der Waals surface area contributed by atoms with Crippen LogP contribution < -0.4 is 4.72 Å². The van der Waals surface area contributed by atoms with Crippen molar-refractivity contribution in [2.75, 3.05) is 11.6 Å². The Balaban J connectivity index is 2.35. The molecular formula is C6H12ClNO2S. The molecule has 0 amide bonds. The Morgan fingerprint density at radius 2 is 2.18 bits per heavy atom. The van der Waals surface area contributed by atoms with Crippen molar-refractivity contribution in [3.8, 4) is 0 Å². The fraction of sp³-hybridized carbons (Fsp3) is 1.00. The van der Waals surface area contributed by atoms with Crippen LogP contribution >= 0.6 is 11.6 Å². The molecule has 1 saturated carbocycles. The highest BCUT2D eigenvalue weighted by molar-refractivity contribution is 7.89. The van der Waals surface area contributed by atoms with Crippen LogP contribution in [0.3, 0.4) is 0 Å². The minimum absolute atomic E-state index is 0.0256. The van der Waals surface area contributed by atoms with Crippen molar-refractivity contribution in [3.05, 3.63) is 0 Å². The molecule has 0 radical (unpaired) electrons. The third kappa shape index (κ3) is 2.97. The van der Waals surface area contributed by atoms with Crippen LogP contribution in [0.25, 0.3) is 0 Å². The zero-order chi connectivity index (χ0) is 8.48.